The van der Waals surface area contributed by atoms with Crippen molar-refractivity contribution >= 4 is 27.5 Å². The zero-order chi connectivity index (χ0) is 29.6. The Kier molecular flexibility index (Phi) is 9.49. The van der Waals surface area contributed by atoms with Crippen molar-refractivity contribution in [1.82, 2.24) is 10.2 Å². The Labute approximate surface area is 239 Å². The highest BCUT2D eigenvalue weighted by Crippen LogP contribution is 2.34. The molecule has 1 aliphatic rings. The average Bonchev–Trinajstić information content (AvgIpc) is 2.98. The van der Waals surface area contributed by atoms with Crippen LogP contribution in [0.25, 0.3) is 0 Å². The van der Waals surface area contributed by atoms with E-state index in [9.17, 15) is 22.4 Å². The summed E-state index contributed by atoms with van der Waals surface area (Å²) in [6, 6.07) is 15.7. The number of carbonyl (C=O) groups excluding carboxylic acids is 2. The molecule has 0 saturated heterocycles. The molecule has 0 fully saturated rings. The first-order chi connectivity index (χ1) is 19.6. The number of halogens is 1. The third kappa shape index (κ3) is 7.15. The molecular formula is C30H34FN3O6S. The molecule has 1 aliphatic heterocycles. The number of hydrogen-bond acceptors (Lipinski definition) is 6. The number of ether oxygens (including phenoxy) is 2. The lowest BCUT2D eigenvalue weighted by Gasteiger charge is -2.32. The SMILES string of the molecule is CCCNC(=O)C(C)N(Cc1ccc(C)cc1)C(=O)CN(c1ccc(F)cc1)S(=O)(=O)c1ccc2c(c1)OCCO2. The van der Waals surface area contributed by atoms with Crippen LogP contribution in [-0.4, -0.2) is 57.5 Å². The molecular weight excluding hydrogens is 549 g/mol. The van der Waals surface area contributed by atoms with Crippen molar-refractivity contribution in [2.45, 2.75) is 44.7 Å². The number of anilines is 1. The number of aryl methyl sites for hydroxylation is 1. The molecule has 0 aromatic heterocycles. The number of hydrogen-bond donors (Lipinski definition) is 1. The Morgan fingerprint density at radius 3 is 2.29 bits per heavy atom. The molecule has 11 heteroatoms. The maximum atomic E-state index is 14.0. The van der Waals surface area contributed by atoms with Crippen LogP contribution in [0, 0.1) is 12.7 Å². The second-order valence-corrected chi connectivity index (χ2v) is 11.6. The quantitative estimate of drug-likeness (QED) is 0.365. The van der Waals surface area contributed by atoms with Gasteiger partial charge in [-0.15, -0.1) is 0 Å². The van der Waals surface area contributed by atoms with E-state index < -0.39 is 34.3 Å². The lowest BCUT2D eigenvalue weighted by Crippen LogP contribution is -2.51. The highest BCUT2D eigenvalue weighted by molar-refractivity contribution is 7.92. The molecule has 0 bridgehead atoms. The van der Waals surface area contributed by atoms with Crippen molar-refractivity contribution in [3.63, 3.8) is 0 Å². The van der Waals surface area contributed by atoms with E-state index in [1.807, 2.05) is 38.1 Å². The van der Waals surface area contributed by atoms with E-state index in [4.69, 9.17) is 9.47 Å². The molecule has 0 spiro atoms. The number of benzene rings is 3. The largest absolute Gasteiger partial charge is 0.486 e. The van der Waals surface area contributed by atoms with Gasteiger partial charge in [0.05, 0.1) is 10.6 Å². The predicted molar refractivity (Wildman–Crippen MR) is 153 cm³/mol. The summed E-state index contributed by atoms with van der Waals surface area (Å²) >= 11 is 0. The van der Waals surface area contributed by atoms with E-state index in [0.29, 0.717) is 18.9 Å². The minimum Gasteiger partial charge on any atom is -0.486 e. The van der Waals surface area contributed by atoms with Crippen LogP contribution < -0.4 is 19.1 Å². The summed E-state index contributed by atoms with van der Waals surface area (Å²) in [6.07, 6.45) is 0.719. The lowest BCUT2D eigenvalue weighted by atomic mass is 10.1. The maximum absolute atomic E-state index is 14.0. The van der Waals surface area contributed by atoms with Gasteiger partial charge in [-0.3, -0.25) is 13.9 Å². The second-order valence-electron chi connectivity index (χ2n) is 9.77. The standard InChI is InChI=1S/C30H34FN3O6S/c1-4-15-32-30(36)22(3)33(19-23-7-5-21(2)6-8-23)29(35)20-34(25-11-9-24(31)10-12-25)41(37,38)26-13-14-27-28(18-26)40-17-16-39-27/h5-14,18,22H,4,15-17,19-20H2,1-3H3,(H,32,36). The molecule has 1 N–H and O–H groups in total. The molecule has 4 rings (SSSR count). The van der Waals surface area contributed by atoms with Gasteiger partial charge in [0.25, 0.3) is 10.0 Å². The Balaban J connectivity index is 1.71. The van der Waals surface area contributed by atoms with E-state index in [0.717, 1.165) is 34.0 Å². The molecule has 1 unspecified atom stereocenters. The first kappa shape index (κ1) is 29.9. The van der Waals surface area contributed by atoms with E-state index in [-0.39, 0.29) is 35.4 Å². The fourth-order valence-corrected chi connectivity index (χ4v) is 5.75. The maximum Gasteiger partial charge on any atom is 0.264 e. The summed E-state index contributed by atoms with van der Waals surface area (Å²) < 4.78 is 53.8. The summed E-state index contributed by atoms with van der Waals surface area (Å²) in [6.45, 7) is 5.98. The average molecular weight is 584 g/mol. The minimum absolute atomic E-state index is 0.0845. The van der Waals surface area contributed by atoms with Crippen molar-refractivity contribution < 1.29 is 31.9 Å². The molecule has 1 heterocycles. The monoisotopic (exact) mass is 583 g/mol. The summed E-state index contributed by atoms with van der Waals surface area (Å²) in [5, 5.41) is 2.81. The first-order valence-corrected chi connectivity index (χ1v) is 14.8. The predicted octanol–water partition coefficient (Wildman–Crippen LogP) is 4.04. The van der Waals surface area contributed by atoms with Gasteiger partial charge in [-0.2, -0.15) is 0 Å². The van der Waals surface area contributed by atoms with E-state index >= 15 is 0 Å². The highest BCUT2D eigenvalue weighted by Gasteiger charge is 2.33. The van der Waals surface area contributed by atoms with Crippen LogP contribution >= 0.6 is 0 Å². The Morgan fingerprint density at radius 1 is 0.976 bits per heavy atom. The van der Waals surface area contributed by atoms with Gasteiger partial charge >= 0.3 is 0 Å². The Morgan fingerprint density at radius 2 is 1.63 bits per heavy atom. The third-order valence-electron chi connectivity index (χ3n) is 6.69. The third-order valence-corrected chi connectivity index (χ3v) is 8.46. The zero-order valence-corrected chi connectivity index (χ0v) is 24.1. The van der Waals surface area contributed by atoms with Gasteiger partial charge in [0, 0.05) is 19.2 Å². The fourth-order valence-electron chi connectivity index (χ4n) is 4.32. The van der Waals surface area contributed by atoms with E-state index in [1.54, 1.807) is 6.92 Å². The van der Waals surface area contributed by atoms with Gasteiger partial charge in [-0.25, -0.2) is 12.8 Å². The molecule has 3 aromatic rings. The van der Waals surface area contributed by atoms with Gasteiger partial charge in [0.1, 0.15) is 31.6 Å². The number of carbonyl (C=O) groups is 2. The number of amides is 2. The molecule has 0 aliphatic carbocycles. The Hall–Kier alpha value is -4.12. The van der Waals surface area contributed by atoms with Crippen molar-refractivity contribution in [3.8, 4) is 11.5 Å². The lowest BCUT2D eigenvalue weighted by molar-refractivity contribution is -0.139. The molecule has 218 valence electrons. The first-order valence-electron chi connectivity index (χ1n) is 13.4. The summed E-state index contributed by atoms with van der Waals surface area (Å²) in [5.74, 6) is -0.829. The molecule has 41 heavy (non-hydrogen) atoms. The molecule has 9 nitrogen and oxygen atoms in total. The smallest absolute Gasteiger partial charge is 0.264 e. The second kappa shape index (κ2) is 13.0. The molecule has 0 saturated carbocycles. The topological polar surface area (TPSA) is 105 Å². The van der Waals surface area contributed by atoms with Crippen LogP contribution in [0.15, 0.2) is 71.6 Å². The number of fused-ring (bicyclic) bond motifs is 1. The molecule has 0 radical (unpaired) electrons. The number of nitrogens with one attached hydrogen (secondary N) is 1. The van der Waals surface area contributed by atoms with Crippen molar-refractivity contribution in [2.75, 3.05) is 30.6 Å². The van der Waals surface area contributed by atoms with Crippen molar-refractivity contribution in [1.29, 1.82) is 0 Å². The number of rotatable bonds is 11. The van der Waals surface area contributed by atoms with Crippen LogP contribution in [0.3, 0.4) is 0 Å². The van der Waals surface area contributed by atoms with Gasteiger partial charge in [-0.05, 0) is 62.2 Å². The van der Waals surface area contributed by atoms with Crippen LogP contribution in [0.2, 0.25) is 0 Å². The zero-order valence-electron chi connectivity index (χ0n) is 23.3. The van der Waals surface area contributed by atoms with E-state index in [2.05, 4.69) is 5.32 Å². The van der Waals surface area contributed by atoms with Crippen LogP contribution in [0.5, 0.6) is 11.5 Å². The number of sulfonamides is 1. The molecule has 1 atom stereocenters. The highest BCUT2D eigenvalue weighted by atomic mass is 32.2. The van der Waals surface area contributed by atoms with E-state index in [1.165, 1.54) is 35.2 Å². The van der Waals surface area contributed by atoms with Crippen molar-refractivity contribution in [2.24, 2.45) is 0 Å². The van der Waals surface area contributed by atoms with Crippen molar-refractivity contribution in [3.05, 3.63) is 83.7 Å². The van der Waals surface area contributed by atoms with Gasteiger partial charge in [-0.1, -0.05) is 36.8 Å². The van der Waals surface area contributed by atoms with Gasteiger partial charge < -0.3 is 19.7 Å². The van der Waals surface area contributed by atoms with Crippen LogP contribution in [0.1, 0.15) is 31.4 Å². The molecule has 3 aromatic carbocycles. The summed E-state index contributed by atoms with van der Waals surface area (Å²) in [7, 11) is -4.34. The minimum atomic E-state index is -4.34. The normalized spacial score (nSPS) is 13.3. The van der Waals surface area contributed by atoms with Gasteiger partial charge in [0.15, 0.2) is 11.5 Å². The summed E-state index contributed by atoms with van der Waals surface area (Å²) in [5.41, 5.74) is 1.91. The fraction of sp³-hybridized carbons (Fsp3) is 0.333. The van der Waals surface area contributed by atoms with Crippen LogP contribution in [0.4, 0.5) is 10.1 Å². The number of nitrogens with zero attached hydrogens (tertiary/aromatic N) is 2. The van der Waals surface area contributed by atoms with Crippen LogP contribution in [-0.2, 0) is 26.2 Å². The Bertz CT molecular complexity index is 1480. The summed E-state index contributed by atoms with van der Waals surface area (Å²) in [4.78, 5) is 28.1. The molecule has 2 amide bonds. The van der Waals surface area contributed by atoms with Gasteiger partial charge in [0.2, 0.25) is 11.8 Å².